The lowest BCUT2D eigenvalue weighted by atomic mass is 10.0. The molecule has 418 valence electrons. The van der Waals surface area contributed by atoms with Gasteiger partial charge in [-0.1, -0.05) is 274 Å². The fourth-order valence-corrected chi connectivity index (χ4v) is 9.70. The zero-order valence-electron chi connectivity index (χ0n) is 47.7. The maximum absolute atomic E-state index is 12.9. The first-order chi connectivity index (χ1) is 34.5. The summed E-state index contributed by atoms with van der Waals surface area (Å²) in [5.74, 6) is -0.186. The van der Waals surface area contributed by atoms with E-state index in [1.165, 1.54) is 225 Å². The van der Waals surface area contributed by atoms with Gasteiger partial charge in [-0.05, 0) is 57.8 Å². The van der Waals surface area contributed by atoms with Crippen LogP contribution in [0, 0.1) is 0 Å². The van der Waals surface area contributed by atoms with E-state index in [-0.39, 0.29) is 19.1 Å². The Bertz CT molecular complexity index is 1290. The van der Waals surface area contributed by atoms with Gasteiger partial charge in [0.2, 0.25) is 5.91 Å². The number of hydrogen-bond donors (Lipinski definition) is 3. The van der Waals surface area contributed by atoms with Crippen LogP contribution in [0.1, 0.15) is 290 Å². The number of amides is 1. The average molecular weight is 1020 g/mol. The van der Waals surface area contributed by atoms with E-state index in [0.29, 0.717) is 17.4 Å². The topological polar surface area (TPSA) is 105 Å². The third-order valence-corrected chi connectivity index (χ3v) is 14.8. The molecule has 8 nitrogen and oxygen atoms in total. The van der Waals surface area contributed by atoms with Gasteiger partial charge in [0.25, 0.3) is 0 Å². The van der Waals surface area contributed by atoms with E-state index in [9.17, 15) is 19.4 Å². The van der Waals surface area contributed by atoms with E-state index in [1.54, 1.807) is 6.08 Å². The highest BCUT2D eigenvalue weighted by atomic mass is 31.2. The highest BCUT2D eigenvalue weighted by molar-refractivity contribution is 7.47. The minimum Gasteiger partial charge on any atom is -0.387 e. The molecule has 1 amide bonds. The first kappa shape index (κ1) is 69.5. The molecule has 3 atom stereocenters. The molecule has 0 aromatic rings. The van der Waals surface area contributed by atoms with Gasteiger partial charge in [-0.25, -0.2) is 4.57 Å². The van der Waals surface area contributed by atoms with Crippen molar-refractivity contribution in [2.24, 2.45) is 0 Å². The average Bonchev–Trinajstić information content (AvgIpc) is 3.33. The number of phosphoric acid groups is 1. The van der Waals surface area contributed by atoms with Crippen molar-refractivity contribution < 1.29 is 32.9 Å². The fraction of sp³-hybridized carbons (Fsp3) is 0.855. The molecule has 9 heteroatoms. The summed E-state index contributed by atoms with van der Waals surface area (Å²) in [6.45, 7) is 4.72. The van der Waals surface area contributed by atoms with Crippen molar-refractivity contribution in [2.45, 2.75) is 302 Å². The van der Waals surface area contributed by atoms with Gasteiger partial charge in [0, 0.05) is 6.42 Å². The molecule has 0 aliphatic heterocycles. The van der Waals surface area contributed by atoms with Gasteiger partial charge in [0.15, 0.2) is 0 Å². The SMILES string of the molecule is CCCC/C=C/CC/C=C/C(O)C(COP(=O)(O)OCC[N+](C)(C)C)NC(=O)CCCCCCCCCCCCCCCCCCCCCCCCCCCCCCC/C=C\C/C=C\CCCCCCC. The Kier molecular flexibility index (Phi) is 52.1. The van der Waals surface area contributed by atoms with Crippen LogP contribution in [0.4, 0.5) is 0 Å². The quantitative estimate of drug-likeness (QED) is 0.0243. The number of likely N-dealkylation sites (N-methyl/N-ethyl adjacent to an activating group) is 1. The molecule has 3 unspecified atom stereocenters. The van der Waals surface area contributed by atoms with Gasteiger partial charge in [-0.2, -0.15) is 0 Å². The number of hydrogen-bond acceptors (Lipinski definition) is 5. The Morgan fingerprint density at radius 2 is 0.831 bits per heavy atom. The molecule has 0 bridgehead atoms. The smallest absolute Gasteiger partial charge is 0.387 e. The Hall–Kier alpha value is -1.54. The summed E-state index contributed by atoms with van der Waals surface area (Å²) in [4.78, 5) is 23.1. The number of allylic oxidation sites excluding steroid dienone is 7. The molecule has 0 radical (unpaired) electrons. The van der Waals surface area contributed by atoms with E-state index < -0.39 is 20.0 Å². The van der Waals surface area contributed by atoms with E-state index in [0.717, 1.165) is 44.9 Å². The van der Waals surface area contributed by atoms with Crippen LogP contribution < -0.4 is 5.32 Å². The summed E-state index contributed by atoms with van der Waals surface area (Å²) in [5.41, 5.74) is 0. The number of unbranched alkanes of at least 4 members (excludes halogenated alkanes) is 37. The van der Waals surface area contributed by atoms with E-state index in [1.807, 2.05) is 27.2 Å². The second-order valence-electron chi connectivity index (χ2n) is 22.1. The normalized spacial score (nSPS) is 14.2. The molecule has 0 aliphatic rings. The van der Waals surface area contributed by atoms with Crippen molar-refractivity contribution in [3.05, 3.63) is 48.6 Å². The van der Waals surface area contributed by atoms with Crippen LogP contribution >= 0.6 is 7.82 Å². The predicted octanol–water partition coefficient (Wildman–Crippen LogP) is 18.7. The molecule has 0 heterocycles. The van der Waals surface area contributed by atoms with Crippen molar-refractivity contribution in [1.82, 2.24) is 5.32 Å². The van der Waals surface area contributed by atoms with Crippen LogP contribution in [0.25, 0.3) is 0 Å². The molecule has 0 fully saturated rings. The number of phosphoric ester groups is 1. The van der Waals surface area contributed by atoms with Gasteiger partial charge < -0.3 is 19.8 Å². The fourth-order valence-electron chi connectivity index (χ4n) is 8.96. The number of carbonyl (C=O) groups excluding carboxylic acids is 1. The monoisotopic (exact) mass is 1020 g/mol. The molecule has 0 saturated heterocycles. The molecule has 3 N–H and O–H groups in total. The third-order valence-electron chi connectivity index (χ3n) is 13.8. The van der Waals surface area contributed by atoms with Gasteiger partial charge in [-0.3, -0.25) is 13.8 Å². The van der Waals surface area contributed by atoms with Gasteiger partial charge in [-0.15, -0.1) is 0 Å². The molecule has 0 spiro atoms. The number of aliphatic hydroxyl groups excluding tert-OH is 1. The largest absolute Gasteiger partial charge is 0.472 e. The summed E-state index contributed by atoms with van der Waals surface area (Å²) < 4.78 is 23.5. The molecular formula is C62H120N2O6P+. The van der Waals surface area contributed by atoms with Gasteiger partial charge in [0.05, 0.1) is 39.9 Å². The molecule has 0 saturated carbocycles. The predicted molar refractivity (Wildman–Crippen MR) is 309 cm³/mol. The van der Waals surface area contributed by atoms with Crippen molar-refractivity contribution in [3.8, 4) is 0 Å². The molecule has 0 rings (SSSR count). The van der Waals surface area contributed by atoms with E-state index >= 15 is 0 Å². The van der Waals surface area contributed by atoms with Crippen LogP contribution in [0.2, 0.25) is 0 Å². The van der Waals surface area contributed by atoms with Crippen LogP contribution in [0.3, 0.4) is 0 Å². The van der Waals surface area contributed by atoms with Crippen LogP contribution in [0.5, 0.6) is 0 Å². The third kappa shape index (κ3) is 56.0. The zero-order chi connectivity index (χ0) is 52.0. The van der Waals surface area contributed by atoms with E-state index in [4.69, 9.17) is 9.05 Å². The summed E-state index contributed by atoms with van der Waals surface area (Å²) in [6.07, 6.45) is 71.5. The summed E-state index contributed by atoms with van der Waals surface area (Å²) in [7, 11) is 1.56. The Balaban J connectivity index is 3.73. The Morgan fingerprint density at radius 3 is 1.25 bits per heavy atom. The van der Waals surface area contributed by atoms with Crippen molar-refractivity contribution in [2.75, 3.05) is 40.9 Å². The highest BCUT2D eigenvalue weighted by Gasteiger charge is 2.27. The summed E-state index contributed by atoms with van der Waals surface area (Å²) in [6, 6.07) is -0.859. The van der Waals surface area contributed by atoms with Crippen molar-refractivity contribution in [3.63, 3.8) is 0 Å². The number of carbonyl (C=O) groups is 1. The number of nitrogens with one attached hydrogen (secondary N) is 1. The van der Waals surface area contributed by atoms with Gasteiger partial charge >= 0.3 is 7.82 Å². The molecule has 0 aromatic heterocycles. The highest BCUT2D eigenvalue weighted by Crippen LogP contribution is 2.43. The lowest BCUT2D eigenvalue weighted by Gasteiger charge is -2.25. The lowest BCUT2D eigenvalue weighted by Crippen LogP contribution is -2.45. The number of rotatable bonds is 56. The second-order valence-corrected chi connectivity index (χ2v) is 23.5. The summed E-state index contributed by atoms with van der Waals surface area (Å²) >= 11 is 0. The molecule has 71 heavy (non-hydrogen) atoms. The van der Waals surface area contributed by atoms with Gasteiger partial charge in [0.1, 0.15) is 13.2 Å². The summed E-state index contributed by atoms with van der Waals surface area (Å²) in [5, 5.41) is 13.8. The number of quaternary nitrogens is 1. The Morgan fingerprint density at radius 1 is 0.479 bits per heavy atom. The number of aliphatic hydroxyl groups is 1. The molecular weight excluding hydrogens is 900 g/mol. The first-order valence-electron chi connectivity index (χ1n) is 30.5. The van der Waals surface area contributed by atoms with Crippen LogP contribution in [-0.2, 0) is 18.4 Å². The minimum absolute atomic E-state index is 0.0567. The standard InChI is InChI=1S/C62H119N2O6P/c1-6-8-10-12-14-16-17-18-19-20-21-22-23-24-25-26-27-28-29-30-31-32-33-34-35-36-37-38-39-40-41-42-43-44-45-46-47-48-50-52-54-56-62(66)63-60(59-70-71(67,68)69-58-57-64(3,4)5)61(65)55-53-51-49-15-13-11-9-7-2/h13,15,17-18,20-21,53,55,60-61,65H,6-12,14,16,19,22-52,54,56-59H2,1-5H3,(H-,63,66,67,68)/p+1/b15-13+,18-17-,21-20-,55-53+. The Labute approximate surface area is 441 Å². The van der Waals surface area contributed by atoms with Crippen molar-refractivity contribution >= 4 is 13.7 Å². The number of nitrogens with zero attached hydrogens (tertiary/aromatic N) is 1. The second kappa shape index (κ2) is 53.3. The van der Waals surface area contributed by atoms with Crippen molar-refractivity contribution in [1.29, 1.82) is 0 Å². The maximum Gasteiger partial charge on any atom is 0.472 e. The van der Waals surface area contributed by atoms with E-state index in [2.05, 4.69) is 55.6 Å². The molecule has 0 aromatic carbocycles. The first-order valence-corrected chi connectivity index (χ1v) is 32.0. The maximum atomic E-state index is 12.9. The van der Waals surface area contributed by atoms with Crippen LogP contribution in [-0.4, -0.2) is 73.4 Å². The van der Waals surface area contributed by atoms with Crippen LogP contribution in [0.15, 0.2) is 48.6 Å². The lowest BCUT2D eigenvalue weighted by molar-refractivity contribution is -0.870. The minimum atomic E-state index is -4.34. The molecule has 0 aliphatic carbocycles. The zero-order valence-corrected chi connectivity index (χ0v) is 48.6.